The van der Waals surface area contributed by atoms with Crippen molar-refractivity contribution in [3.8, 4) is 0 Å². The third kappa shape index (κ3) is 4.30. The number of aromatic nitrogens is 2. The van der Waals surface area contributed by atoms with Crippen LogP contribution in [0.1, 0.15) is 64.1 Å². The topological polar surface area (TPSA) is 67.2 Å². The number of nitrogens with one attached hydrogen (secondary N) is 1. The quantitative estimate of drug-likeness (QED) is 0.811. The molecular weight excluding hydrogens is 266 g/mol. The lowest BCUT2D eigenvalue weighted by molar-refractivity contribution is -0.142. The minimum atomic E-state index is -0.641. The van der Waals surface area contributed by atoms with Crippen molar-refractivity contribution in [1.29, 1.82) is 0 Å². The minimum absolute atomic E-state index is 0.142. The van der Waals surface area contributed by atoms with Crippen LogP contribution in [0.4, 0.5) is 0 Å². The molecule has 0 atom stereocenters. The Morgan fingerprint density at radius 3 is 2.62 bits per heavy atom. The van der Waals surface area contributed by atoms with E-state index >= 15 is 0 Å². The summed E-state index contributed by atoms with van der Waals surface area (Å²) in [6.07, 6.45) is 7.74. The van der Waals surface area contributed by atoms with Gasteiger partial charge in [0.15, 0.2) is 0 Å². The Morgan fingerprint density at radius 1 is 1.38 bits per heavy atom. The van der Waals surface area contributed by atoms with Crippen molar-refractivity contribution < 1.29 is 9.90 Å². The van der Waals surface area contributed by atoms with Gasteiger partial charge in [0.25, 0.3) is 0 Å². The van der Waals surface area contributed by atoms with E-state index in [1.54, 1.807) is 0 Å². The second-order valence-electron chi connectivity index (χ2n) is 6.03. The highest BCUT2D eigenvalue weighted by Gasteiger charge is 2.25. The lowest BCUT2D eigenvalue weighted by Crippen LogP contribution is -2.34. The van der Waals surface area contributed by atoms with Crippen molar-refractivity contribution in [2.75, 3.05) is 0 Å². The summed E-state index contributed by atoms with van der Waals surface area (Å²) in [6.45, 7) is 5.15. The summed E-state index contributed by atoms with van der Waals surface area (Å²) < 4.78 is 2.07. The van der Waals surface area contributed by atoms with Crippen molar-refractivity contribution in [2.45, 2.75) is 71.0 Å². The van der Waals surface area contributed by atoms with Crippen LogP contribution in [0.25, 0.3) is 0 Å². The summed E-state index contributed by atoms with van der Waals surface area (Å²) in [5.74, 6) is -0.783. The fourth-order valence-corrected chi connectivity index (χ4v) is 3.13. The van der Waals surface area contributed by atoms with E-state index in [9.17, 15) is 4.79 Å². The molecule has 2 N–H and O–H groups in total. The summed E-state index contributed by atoms with van der Waals surface area (Å²) in [6, 6.07) is 3.00. The number of aliphatic carboxylic acids is 1. The maximum absolute atomic E-state index is 10.9. The molecule has 1 heterocycles. The number of rotatable bonds is 7. The molecule has 21 heavy (non-hydrogen) atoms. The summed E-state index contributed by atoms with van der Waals surface area (Å²) in [5.41, 5.74) is 1.07. The van der Waals surface area contributed by atoms with Crippen LogP contribution in [0.3, 0.4) is 0 Å². The molecular formula is C16H27N3O2. The fraction of sp³-hybridized carbons (Fsp3) is 0.750. The van der Waals surface area contributed by atoms with Gasteiger partial charge in [-0.3, -0.25) is 9.48 Å². The zero-order valence-corrected chi connectivity index (χ0v) is 13.1. The van der Waals surface area contributed by atoms with Gasteiger partial charge in [0.2, 0.25) is 0 Å². The first-order chi connectivity index (χ1) is 10.1. The molecule has 0 radical (unpaired) electrons. The van der Waals surface area contributed by atoms with E-state index < -0.39 is 5.97 Å². The van der Waals surface area contributed by atoms with E-state index in [4.69, 9.17) is 5.11 Å². The molecule has 0 spiro atoms. The van der Waals surface area contributed by atoms with E-state index in [0.717, 1.165) is 50.8 Å². The van der Waals surface area contributed by atoms with Gasteiger partial charge in [0, 0.05) is 18.8 Å². The van der Waals surface area contributed by atoms with E-state index in [1.165, 1.54) is 0 Å². The zero-order valence-electron chi connectivity index (χ0n) is 13.1. The molecule has 1 aliphatic rings. The maximum Gasteiger partial charge on any atom is 0.306 e. The van der Waals surface area contributed by atoms with Crippen LogP contribution in [0, 0.1) is 5.92 Å². The molecule has 1 aromatic rings. The van der Waals surface area contributed by atoms with Crippen LogP contribution in [-0.4, -0.2) is 26.9 Å². The number of hydrogen-bond donors (Lipinski definition) is 2. The van der Waals surface area contributed by atoms with E-state index in [-0.39, 0.29) is 5.92 Å². The molecule has 0 unspecified atom stereocenters. The molecule has 0 bridgehead atoms. The molecule has 118 valence electrons. The van der Waals surface area contributed by atoms with Crippen molar-refractivity contribution >= 4 is 5.97 Å². The van der Waals surface area contributed by atoms with Crippen LogP contribution in [0.15, 0.2) is 12.3 Å². The van der Waals surface area contributed by atoms with Gasteiger partial charge < -0.3 is 10.4 Å². The van der Waals surface area contributed by atoms with E-state index in [0.29, 0.717) is 12.1 Å². The fourth-order valence-electron chi connectivity index (χ4n) is 3.13. The van der Waals surface area contributed by atoms with Gasteiger partial charge in [-0.2, -0.15) is 5.10 Å². The first-order valence-corrected chi connectivity index (χ1v) is 8.14. The molecule has 1 saturated carbocycles. The van der Waals surface area contributed by atoms with Crippen LogP contribution in [-0.2, 0) is 11.3 Å². The Balaban J connectivity index is 1.78. The smallest absolute Gasteiger partial charge is 0.306 e. The summed E-state index contributed by atoms with van der Waals surface area (Å²) in [4.78, 5) is 10.9. The molecule has 5 nitrogen and oxygen atoms in total. The lowest BCUT2D eigenvalue weighted by atomic mass is 9.86. The molecule has 1 aliphatic carbocycles. The second kappa shape index (κ2) is 7.59. The van der Waals surface area contributed by atoms with Crippen LogP contribution >= 0.6 is 0 Å². The largest absolute Gasteiger partial charge is 0.481 e. The average molecular weight is 293 g/mol. The predicted octanol–water partition coefficient (Wildman–Crippen LogP) is 2.98. The highest BCUT2D eigenvalue weighted by molar-refractivity contribution is 5.70. The van der Waals surface area contributed by atoms with Gasteiger partial charge in [-0.05, 0) is 44.6 Å². The monoisotopic (exact) mass is 293 g/mol. The number of nitrogens with zero attached hydrogens (tertiary/aromatic N) is 2. The van der Waals surface area contributed by atoms with Gasteiger partial charge in [-0.15, -0.1) is 0 Å². The molecule has 1 fully saturated rings. The lowest BCUT2D eigenvalue weighted by Gasteiger charge is -2.26. The van der Waals surface area contributed by atoms with Crippen molar-refractivity contribution in [2.24, 2.45) is 5.92 Å². The van der Waals surface area contributed by atoms with Crippen LogP contribution < -0.4 is 5.32 Å². The summed E-state index contributed by atoms with van der Waals surface area (Å²) in [7, 11) is 0. The Kier molecular flexibility index (Phi) is 5.79. The zero-order chi connectivity index (χ0) is 15.2. The Labute approximate surface area is 126 Å². The third-order valence-electron chi connectivity index (χ3n) is 4.63. The third-order valence-corrected chi connectivity index (χ3v) is 4.63. The Morgan fingerprint density at radius 2 is 2.05 bits per heavy atom. The number of carbonyl (C=O) groups is 1. The summed E-state index contributed by atoms with van der Waals surface area (Å²) in [5, 5.41) is 17.2. The SMILES string of the molecule is CCC(CC)n1ccc(CNC2CCC(C(=O)O)CC2)n1. The molecule has 0 saturated heterocycles. The Bertz CT molecular complexity index is 446. The highest BCUT2D eigenvalue weighted by Crippen LogP contribution is 2.24. The highest BCUT2D eigenvalue weighted by atomic mass is 16.4. The first kappa shape index (κ1) is 16.0. The normalized spacial score (nSPS) is 22.6. The van der Waals surface area contributed by atoms with Crippen molar-refractivity contribution in [3.63, 3.8) is 0 Å². The molecule has 0 amide bonds. The van der Waals surface area contributed by atoms with Gasteiger partial charge in [-0.1, -0.05) is 13.8 Å². The summed E-state index contributed by atoms with van der Waals surface area (Å²) >= 11 is 0. The first-order valence-electron chi connectivity index (χ1n) is 8.14. The molecule has 5 heteroatoms. The van der Waals surface area contributed by atoms with Crippen molar-refractivity contribution in [1.82, 2.24) is 15.1 Å². The van der Waals surface area contributed by atoms with Crippen LogP contribution in [0.5, 0.6) is 0 Å². The molecule has 0 aromatic carbocycles. The van der Waals surface area contributed by atoms with Gasteiger partial charge >= 0.3 is 5.97 Å². The average Bonchev–Trinajstić information content (AvgIpc) is 2.96. The standard InChI is InChI=1S/C16H27N3O2/c1-3-15(4-2)19-10-9-14(18-19)11-17-13-7-5-12(6-8-13)16(20)21/h9-10,12-13,15,17H,3-8,11H2,1-2H3,(H,20,21). The second-order valence-corrected chi connectivity index (χ2v) is 6.03. The van der Waals surface area contributed by atoms with Gasteiger partial charge in [0.05, 0.1) is 17.7 Å². The number of carboxylic acid groups (broad SMARTS) is 1. The van der Waals surface area contributed by atoms with Crippen molar-refractivity contribution in [3.05, 3.63) is 18.0 Å². The number of carboxylic acids is 1. The van der Waals surface area contributed by atoms with Crippen LogP contribution in [0.2, 0.25) is 0 Å². The van der Waals surface area contributed by atoms with E-state index in [2.05, 4.69) is 41.2 Å². The molecule has 0 aliphatic heterocycles. The molecule has 2 rings (SSSR count). The molecule has 1 aromatic heterocycles. The van der Waals surface area contributed by atoms with Gasteiger partial charge in [-0.25, -0.2) is 0 Å². The van der Waals surface area contributed by atoms with Gasteiger partial charge in [0.1, 0.15) is 0 Å². The predicted molar refractivity (Wildman–Crippen MR) is 82.1 cm³/mol. The maximum atomic E-state index is 10.9. The van der Waals surface area contributed by atoms with E-state index in [1.807, 2.05) is 0 Å². The minimum Gasteiger partial charge on any atom is -0.481 e. The Hall–Kier alpha value is -1.36. The number of hydrogen-bond acceptors (Lipinski definition) is 3.